The summed E-state index contributed by atoms with van der Waals surface area (Å²) in [4.78, 5) is 11.4. The van der Waals surface area contributed by atoms with Gasteiger partial charge in [-0.15, -0.1) is 0 Å². The van der Waals surface area contributed by atoms with E-state index in [1.165, 1.54) is 0 Å². The van der Waals surface area contributed by atoms with E-state index < -0.39 is 0 Å². The van der Waals surface area contributed by atoms with Crippen LogP contribution in [-0.4, -0.2) is 20.0 Å². The van der Waals surface area contributed by atoms with E-state index in [2.05, 4.69) is 5.32 Å². The van der Waals surface area contributed by atoms with Gasteiger partial charge in [0, 0.05) is 24.7 Å². The van der Waals surface area contributed by atoms with Crippen molar-refractivity contribution >= 4 is 5.78 Å². The number of halogens is 1. The van der Waals surface area contributed by atoms with Crippen molar-refractivity contribution in [1.29, 1.82) is 0 Å². The molecule has 18 heavy (non-hydrogen) atoms. The molecule has 0 atom stereocenters. The lowest BCUT2D eigenvalue weighted by molar-refractivity contribution is -0.114. The van der Waals surface area contributed by atoms with E-state index in [0.717, 1.165) is 23.3 Å². The molecule has 0 bridgehead atoms. The van der Waals surface area contributed by atoms with Crippen molar-refractivity contribution in [3.63, 3.8) is 0 Å². The Labute approximate surface area is 112 Å². The highest BCUT2D eigenvalue weighted by Gasteiger charge is 2.22. The van der Waals surface area contributed by atoms with Crippen LogP contribution < -0.4 is 5.32 Å². The number of hydrogen-bond donors (Lipinski definition) is 1. The molecule has 0 unspecified atom stereocenters. The molecule has 1 rings (SSSR count). The maximum absolute atomic E-state index is 11.4. The Kier molecular flexibility index (Phi) is 19.5. The summed E-state index contributed by atoms with van der Waals surface area (Å²) in [6.07, 6.45) is 3.52. The molecule has 0 aromatic carbocycles. The third-order valence-corrected chi connectivity index (χ3v) is 2.31. The second kappa shape index (κ2) is 15.9. The number of rotatable bonds is 2. The summed E-state index contributed by atoms with van der Waals surface area (Å²) < 4.78 is 9.50. The second-order valence-electron chi connectivity index (χ2n) is 3.00. The van der Waals surface area contributed by atoms with E-state index in [4.69, 9.17) is 0 Å². The highest BCUT2D eigenvalue weighted by molar-refractivity contribution is 6.02. The van der Waals surface area contributed by atoms with Crippen LogP contribution in [0.15, 0.2) is 22.9 Å². The summed E-state index contributed by atoms with van der Waals surface area (Å²) >= 11 is 0. The number of allylic oxidation sites excluding steroid dienone is 4. The Balaban J connectivity index is -0.000000328. The Morgan fingerprint density at radius 1 is 1.17 bits per heavy atom. The molecule has 1 aliphatic carbocycles. The zero-order chi connectivity index (χ0) is 15.1. The van der Waals surface area contributed by atoms with E-state index in [1.54, 1.807) is 0 Å². The molecule has 108 valence electrons. The molecule has 1 aliphatic rings. The predicted octanol–water partition coefficient (Wildman–Crippen LogP) is 4.43. The number of ketones is 1. The van der Waals surface area contributed by atoms with Gasteiger partial charge in [0.15, 0.2) is 5.78 Å². The van der Waals surface area contributed by atoms with Gasteiger partial charge in [-0.1, -0.05) is 33.8 Å². The Morgan fingerprint density at radius 2 is 1.61 bits per heavy atom. The van der Waals surface area contributed by atoms with Crippen LogP contribution in [0.1, 0.15) is 54.4 Å². The first-order chi connectivity index (χ1) is 8.70. The fourth-order valence-electron chi connectivity index (χ4n) is 1.51. The van der Waals surface area contributed by atoms with Gasteiger partial charge in [0.1, 0.15) is 0 Å². The molecule has 0 spiro atoms. The van der Waals surface area contributed by atoms with Crippen LogP contribution >= 0.6 is 0 Å². The van der Waals surface area contributed by atoms with E-state index in [1.807, 2.05) is 54.7 Å². The SMILES string of the molecule is C/C=C(\C)C1=C(NC)CCC1=O.CC.CC.CF. The maximum Gasteiger partial charge on any atom is 0.165 e. The average molecular weight is 259 g/mol. The van der Waals surface area contributed by atoms with Crippen LogP contribution in [0.5, 0.6) is 0 Å². The Hall–Kier alpha value is -1.12. The first kappa shape index (κ1) is 22.1. The molecule has 0 fully saturated rings. The predicted molar refractivity (Wildman–Crippen MR) is 79.5 cm³/mol. The third-order valence-electron chi connectivity index (χ3n) is 2.31. The number of Topliss-reactive ketones (excluding diaryl/α,β-unsaturated/α-hetero) is 1. The largest absolute Gasteiger partial charge is 0.391 e. The minimum Gasteiger partial charge on any atom is -0.391 e. The van der Waals surface area contributed by atoms with Gasteiger partial charge in [-0.05, 0) is 25.8 Å². The molecule has 0 aliphatic heterocycles. The Morgan fingerprint density at radius 3 is 1.94 bits per heavy atom. The molecule has 0 saturated carbocycles. The molecular formula is C15H30FNO. The molecule has 0 aromatic heterocycles. The highest BCUT2D eigenvalue weighted by atomic mass is 19.1. The maximum atomic E-state index is 11.4. The average Bonchev–Trinajstić information content (AvgIpc) is 2.85. The quantitative estimate of drug-likeness (QED) is 0.795. The Bertz CT molecular complexity index is 268. The van der Waals surface area contributed by atoms with Crippen molar-refractivity contribution < 1.29 is 9.18 Å². The van der Waals surface area contributed by atoms with E-state index in [9.17, 15) is 9.18 Å². The van der Waals surface area contributed by atoms with Gasteiger partial charge in [-0.3, -0.25) is 9.18 Å². The summed E-state index contributed by atoms with van der Waals surface area (Å²) in [5, 5.41) is 3.08. The summed E-state index contributed by atoms with van der Waals surface area (Å²) in [5.74, 6) is 0.273. The highest BCUT2D eigenvalue weighted by Crippen LogP contribution is 2.25. The van der Waals surface area contributed by atoms with E-state index in [-0.39, 0.29) is 5.78 Å². The topological polar surface area (TPSA) is 29.1 Å². The van der Waals surface area contributed by atoms with Crippen molar-refractivity contribution in [2.45, 2.75) is 54.4 Å². The molecule has 3 heteroatoms. The number of nitrogens with one attached hydrogen (secondary N) is 1. The van der Waals surface area contributed by atoms with Gasteiger partial charge in [0.25, 0.3) is 0 Å². The molecule has 0 radical (unpaired) electrons. The third kappa shape index (κ3) is 7.25. The summed E-state index contributed by atoms with van der Waals surface area (Å²) in [6.45, 7) is 11.9. The summed E-state index contributed by atoms with van der Waals surface area (Å²) in [7, 11) is 2.37. The van der Waals surface area contributed by atoms with Gasteiger partial charge < -0.3 is 5.32 Å². The van der Waals surface area contributed by atoms with Crippen molar-refractivity contribution in [2.24, 2.45) is 0 Å². The molecule has 1 N–H and O–H groups in total. The number of hydrogen-bond acceptors (Lipinski definition) is 2. The minimum atomic E-state index is 0.273. The molecule has 0 saturated heterocycles. The van der Waals surface area contributed by atoms with Gasteiger partial charge in [-0.2, -0.15) is 0 Å². The van der Waals surface area contributed by atoms with Crippen LogP contribution in [0.4, 0.5) is 4.39 Å². The molecule has 0 aromatic rings. The fourth-order valence-corrected chi connectivity index (χ4v) is 1.51. The zero-order valence-electron chi connectivity index (χ0n) is 13.3. The molecular weight excluding hydrogens is 229 g/mol. The minimum absolute atomic E-state index is 0.273. The normalized spacial score (nSPS) is 13.6. The van der Waals surface area contributed by atoms with Crippen LogP contribution in [0.3, 0.4) is 0 Å². The number of alkyl halides is 1. The summed E-state index contributed by atoms with van der Waals surface area (Å²) in [5.41, 5.74) is 3.08. The van der Waals surface area contributed by atoms with Crippen molar-refractivity contribution in [3.05, 3.63) is 22.9 Å². The van der Waals surface area contributed by atoms with Crippen molar-refractivity contribution in [2.75, 3.05) is 14.2 Å². The summed E-state index contributed by atoms with van der Waals surface area (Å²) in [6, 6.07) is 0. The second-order valence-corrected chi connectivity index (χ2v) is 3.00. The first-order valence-corrected chi connectivity index (χ1v) is 6.66. The number of carbonyl (C=O) groups excluding carboxylic acids is 1. The smallest absolute Gasteiger partial charge is 0.165 e. The molecule has 0 heterocycles. The van der Waals surface area contributed by atoms with Gasteiger partial charge in [0.2, 0.25) is 0 Å². The standard InChI is InChI=1S/C10H15NO.2C2H6.CH3F/c1-4-7(2)10-8(11-3)5-6-9(10)12;3*1-2/h4,11H,5-6H2,1-3H3;2*1-2H3;1H3/b7-4+;;;. The monoisotopic (exact) mass is 259 g/mol. The molecule has 2 nitrogen and oxygen atoms in total. The van der Waals surface area contributed by atoms with Crippen LogP contribution in [0.25, 0.3) is 0 Å². The molecule has 0 amide bonds. The lowest BCUT2D eigenvalue weighted by Crippen LogP contribution is -2.07. The lowest BCUT2D eigenvalue weighted by Gasteiger charge is -2.04. The number of carbonyl (C=O) groups is 1. The van der Waals surface area contributed by atoms with Crippen LogP contribution in [-0.2, 0) is 4.79 Å². The van der Waals surface area contributed by atoms with Crippen molar-refractivity contribution in [1.82, 2.24) is 5.32 Å². The van der Waals surface area contributed by atoms with Crippen molar-refractivity contribution in [3.8, 4) is 0 Å². The van der Waals surface area contributed by atoms with Gasteiger partial charge in [0.05, 0.1) is 7.18 Å². The van der Waals surface area contributed by atoms with E-state index in [0.29, 0.717) is 13.6 Å². The lowest BCUT2D eigenvalue weighted by atomic mass is 10.1. The van der Waals surface area contributed by atoms with Crippen LogP contribution in [0.2, 0.25) is 0 Å². The van der Waals surface area contributed by atoms with Gasteiger partial charge in [-0.25, -0.2) is 0 Å². The zero-order valence-corrected chi connectivity index (χ0v) is 13.3. The van der Waals surface area contributed by atoms with Crippen LogP contribution in [0, 0.1) is 0 Å². The van der Waals surface area contributed by atoms with E-state index >= 15 is 0 Å². The fraction of sp³-hybridized carbons (Fsp3) is 0.667. The first-order valence-electron chi connectivity index (χ1n) is 6.66. The van der Waals surface area contributed by atoms with Gasteiger partial charge >= 0.3 is 0 Å².